The summed E-state index contributed by atoms with van der Waals surface area (Å²) in [6, 6.07) is 0. The molecule has 0 saturated heterocycles. The number of hydrogen-bond acceptors (Lipinski definition) is 2. The number of aliphatic hydroxyl groups is 1. The van der Waals surface area contributed by atoms with Crippen molar-refractivity contribution in [1.29, 1.82) is 0 Å². The highest BCUT2D eigenvalue weighted by molar-refractivity contribution is 5.38. The highest BCUT2D eigenvalue weighted by Gasteiger charge is 2.99. The van der Waals surface area contributed by atoms with Crippen LogP contribution in [0.1, 0.15) is 5.56 Å². The van der Waals surface area contributed by atoms with E-state index in [9.17, 15) is 127 Å². The number of benzene rings is 1. The van der Waals surface area contributed by atoms with Crippen LogP contribution in [0.25, 0.3) is 0 Å². The molecule has 2 nitrogen and oxygen atoms in total. The Balaban J connectivity index is 4.06. The number of halogens is 29. The Hall–Kier alpha value is -3.05. The third-order valence-corrected chi connectivity index (χ3v) is 6.17. The van der Waals surface area contributed by atoms with E-state index >= 15 is 0 Å². The van der Waals surface area contributed by atoms with Crippen LogP contribution in [0.4, 0.5) is 127 Å². The Morgan fingerprint density at radius 1 is 0.353 bits per heavy atom. The minimum atomic E-state index is -9.89. The van der Waals surface area contributed by atoms with Gasteiger partial charge in [0.25, 0.3) is 0 Å². The summed E-state index contributed by atoms with van der Waals surface area (Å²) in [6.07, 6.45) is -8.29. The maximum Gasteiger partial charge on any atom is 0.460 e. The summed E-state index contributed by atoms with van der Waals surface area (Å²) >= 11 is 0. The van der Waals surface area contributed by atoms with Crippen LogP contribution in [0, 0.1) is 23.3 Å². The highest BCUT2D eigenvalue weighted by atomic mass is 19.4. The summed E-state index contributed by atoms with van der Waals surface area (Å²) in [5.41, 5.74) is -4.59. The fourth-order valence-corrected chi connectivity index (χ4v) is 3.27. The summed E-state index contributed by atoms with van der Waals surface area (Å²) in [4.78, 5) is 0. The topological polar surface area (TPSA) is 29.5 Å². The van der Waals surface area contributed by atoms with Gasteiger partial charge < -0.3 is 9.84 Å². The summed E-state index contributed by atoms with van der Waals surface area (Å²) < 4.78 is 398. The fraction of sp³-hybridized carbons (Fsp3) is 0.700. The second-order valence-corrected chi connectivity index (χ2v) is 9.35. The lowest BCUT2D eigenvalue weighted by atomic mass is 9.83. The van der Waals surface area contributed by atoms with Gasteiger partial charge in [-0.05, 0) is 0 Å². The van der Waals surface area contributed by atoms with E-state index in [1.165, 1.54) is 0 Å². The lowest BCUT2D eigenvalue weighted by molar-refractivity contribution is -0.482. The molecule has 0 aliphatic carbocycles. The third-order valence-electron chi connectivity index (χ3n) is 6.17. The molecule has 0 saturated carbocycles. The molecule has 0 aliphatic rings. The first kappa shape index (κ1) is 46.0. The number of hydrogen-bond donors (Lipinski definition) is 1. The molecular formula is C20H5F29O2. The Kier molecular flexibility index (Phi) is 11.0. The predicted octanol–water partition coefficient (Wildman–Crippen LogP) is 9.62. The molecule has 0 fully saturated rings. The van der Waals surface area contributed by atoms with Gasteiger partial charge in [0.2, 0.25) is 11.6 Å². The average molecular weight is 828 g/mol. The predicted molar refractivity (Wildman–Crippen MR) is 98.3 cm³/mol. The smallest absolute Gasteiger partial charge is 0.460 e. The van der Waals surface area contributed by atoms with E-state index in [4.69, 9.17) is 5.11 Å². The highest BCUT2D eigenvalue weighted by Crippen LogP contribution is 2.68. The molecule has 0 unspecified atom stereocenters. The SMILES string of the molecule is OCCOc1c(F)c(F)c(C(F)(F)C(F)(F)C(F)(F)C(F)(F)C(F)(F)C(F)(F)C(F)(F)C(F)(F)C(F)(F)C(F)(F)C(F)(F)C(F)(F)F)c(F)c1F. The minimum Gasteiger partial charge on any atom is -0.485 e. The van der Waals surface area contributed by atoms with E-state index in [-0.39, 0.29) is 0 Å². The minimum absolute atomic E-state index is 1.40. The molecule has 1 rings (SSSR count). The van der Waals surface area contributed by atoms with Crippen molar-refractivity contribution in [2.75, 3.05) is 13.2 Å². The first-order valence-electron chi connectivity index (χ1n) is 11.3. The summed E-state index contributed by atoms with van der Waals surface area (Å²) in [5, 5.41) is 8.38. The third kappa shape index (κ3) is 5.62. The van der Waals surface area contributed by atoms with Crippen molar-refractivity contribution < 1.29 is 137 Å². The number of alkyl halides is 25. The largest absolute Gasteiger partial charge is 0.485 e. The molecule has 51 heavy (non-hydrogen) atoms. The lowest BCUT2D eigenvalue weighted by Gasteiger charge is -2.45. The second-order valence-electron chi connectivity index (χ2n) is 9.35. The first-order chi connectivity index (χ1) is 22.0. The molecule has 0 atom stereocenters. The summed E-state index contributed by atoms with van der Waals surface area (Å²) in [7, 11) is 0. The zero-order chi connectivity index (χ0) is 41.6. The quantitative estimate of drug-likeness (QED) is 0.150. The van der Waals surface area contributed by atoms with Gasteiger partial charge in [-0.3, -0.25) is 0 Å². The molecule has 0 heterocycles. The van der Waals surface area contributed by atoms with Crippen LogP contribution >= 0.6 is 0 Å². The summed E-state index contributed by atoms with van der Waals surface area (Å²) in [5.74, 6) is -122. The van der Waals surface area contributed by atoms with Gasteiger partial charge in [-0.15, -0.1) is 0 Å². The normalized spacial score (nSPS) is 15.8. The van der Waals surface area contributed by atoms with Crippen LogP contribution in [0.15, 0.2) is 0 Å². The average Bonchev–Trinajstić information content (AvgIpc) is 2.94. The Bertz CT molecular complexity index is 1430. The molecule has 31 heteroatoms. The van der Waals surface area contributed by atoms with Gasteiger partial charge in [-0.1, -0.05) is 0 Å². The zero-order valence-corrected chi connectivity index (χ0v) is 22.2. The van der Waals surface area contributed by atoms with Crippen molar-refractivity contribution in [1.82, 2.24) is 0 Å². The molecule has 0 aromatic heterocycles. The maximum absolute atomic E-state index is 14.3. The van der Waals surface area contributed by atoms with Gasteiger partial charge in [-0.25, -0.2) is 8.78 Å². The molecular weight excluding hydrogens is 823 g/mol. The molecule has 300 valence electrons. The lowest BCUT2D eigenvalue weighted by Crippen LogP contribution is -2.78. The molecule has 1 aromatic rings. The molecule has 1 N–H and O–H groups in total. The van der Waals surface area contributed by atoms with Crippen molar-refractivity contribution in [3.8, 4) is 5.75 Å². The van der Waals surface area contributed by atoms with Gasteiger partial charge in [0.15, 0.2) is 17.4 Å². The van der Waals surface area contributed by atoms with Crippen molar-refractivity contribution in [2.24, 2.45) is 0 Å². The van der Waals surface area contributed by atoms with E-state index in [1.54, 1.807) is 0 Å². The number of aliphatic hydroxyl groups excluding tert-OH is 1. The Morgan fingerprint density at radius 3 is 0.824 bits per heavy atom. The van der Waals surface area contributed by atoms with Crippen LogP contribution < -0.4 is 4.74 Å². The molecule has 0 amide bonds. The molecule has 0 aliphatic heterocycles. The van der Waals surface area contributed by atoms with Crippen LogP contribution in [-0.4, -0.2) is 83.7 Å². The second kappa shape index (κ2) is 12.3. The standard InChI is InChI=1S/C20H5F29O2/c21-4-3(5(22)7(24)8(6(4)23)51-2-1-50)9(25,26)10(27,28)11(29,30)12(31,32)13(33,34)14(35,36)15(37,38)16(39,40)17(41,42)18(43,44)19(45,46)20(47,48)49/h50H,1-2H2. The van der Waals surface area contributed by atoms with Gasteiger partial charge in [0, 0.05) is 0 Å². The van der Waals surface area contributed by atoms with Crippen LogP contribution in [-0.2, 0) is 5.92 Å². The van der Waals surface area contributed by atoms with Gasteiger partial charge in [-0.2, -0.15) is 119 Å². The van der Waals surface area contributed by atoms with E-state index in [2.05, 4.69) is 4.74 Å². The Morgan fingerprint density at radius 2 is 0.588 bits per heavy atom. The zero-order valence-electron chi connectivity index (χ0n) is 22.2. The van der Waals surface area contributed by atoms with Crippen molar-refractivity contribution in [3.05, 3.63) is 28.8 Å². The van der Waals surface area contributed by atoms with Crippen LogP contribution in [0.2, 0.25) is 0 Å². The number of rotatable bonds is 14. The number of ether oxygens (including phenoxy) is 1. The maximum atomic E-state index is 14.3. The summed E-state index contributed by atoms with van der Waals surface area (Å²) in [6.45, 7) is -2.90. The van der Waals surface area contributed by atoms with E-state index in [0.717, 1.165) is 0 Å². The Labute approximate surface area is 257 Å². The van der Waals surface area contributed by atoms with Crippen LogP contribution in [0.3, 0.4) is 0 Å². The fourth-order valence-electron chi connectivity index (χ4n) is 3.27. The molecule has 0 bridgehead atoms. The molecule has 0 radical (unpaired) electrons. The van der Waals surface area contributed by atoms with Gasteiger partial charge >= 0.3 is 71.3 Å². The van der Waals surface area contributed by atoms with E-state index in [0.29, 0.717) is 0 Å². The van der Waals surface area contributed by atoms with Crippen molar-refractivity contribution in [3.63, 3.8) is 0 Å². The van der Waals surface area contributed by atoms with Gasteiger partial charge in [0.1, 0.15) is 12.2 Å². The monoisotopic (exact) mass is 828 g/mol. The van der Waals surface area contributed by atoms with Crippen LogP contribution in [0.5, 0.6) is 5.75 Å². The van der Waals surface area contributed by atoms with E-state index < -0.39 is 119 Å². The van der Waals surface area contributed by atoms with Crippen molar-refractivity contribution >= 4 is 0 Å². The molecule has 0 spiro atoms. The van der Waals surface area contributed by atoms with E-state index in [1.807, 2.05) is 0 Å². The first-order valence-corrected chi connectivity index (χ1v) is 11.3. The molecule has 1 aromatic carbocycles. The van der Waals surface area contributed by atoms with Crippen molar-refractivity contribution in [2.45, 2.75) is 71.3 Å². The van der Waals surface area contributed by atoms with Gasteiger partial charge in [0.05, 0.1) is 6.61 Å².